The Labute approximate surface area is 105 Å². The first-order valence-electron chi connectivity index (χ1n) is 5.55. The van der Waals surface area contributed by atoms with Gasteiger partial charge < -0.3 is 15.5 Å². The Bertz CT molecular complexity index is 387. The molecule has 1 aromatic rings. The number of hydrogen-bond donors (Lipinski definition) is 1. The standard InChI is InChI=1S/C11H15ClN4O/c12-9-1-2-10(14-8-9)15-3-5-16(6-4-15)11(17)7-13/h1-2,8H,3-7,13H2. The number of piperazine rings is 1. The van der Waals surface area contributed by atoms with E-state index in [4.69, 9.17) is 17.3 Å². The summed E-state index contributed by atoms with van der Waals surface area (Å²) in [4.78, 5) is 19.6. The third-order valence-electron chi connectivity index (χ3n) is 2.84. The maximum absolute atomic E-state index is 11.4. The van der Waals surface area contributed by atoms with Gasteiger partial charge in [0.2, 0.25) is 5.91 Å². The van der Waals surface area contributed by atoms with Gasteiger partial charge in [-0.1, -0.05) is 11.6 Å². The molecule has 0 aliphatic carbocycles. The van der Waals surface area contributed by atoms with Crippen molar-refractivity contribution in [3.05, 3.63) is 23.4 Å². The number of pyridine rings is 1. The second-order valence-electron chi connectivity index (χ2n) is 3.91. The summed E-state index contributed by atoms with van der Waals surface area (Å²) < 4.78 is 0. The van der Waals surface area contributed by atoms with Gasteiger partial charge in [-0.2, -0.15) is 0 Å². The highest BCUT2D eigenvalue weighted by Crippen LogP contribution is 2.15. The van der Waals surface area contributed by atoms with Crippen LogP contribution in [0.15, 0.2) is 18.3 Å². The summed E-state index contributed by atoms with van der Waals surface area (Å²) in [6.07, 6.45) is 1.63. The van der Waals surface area contributed by atoms with Crippen LogP contribution in [0.4, 0.5) is 5.82 Å². The monoisotopic (exact) mass is 254 g/mol. The Balaban J connectivity index is 1.95. The van der Waals surface area contributed by atoms with Gasteiger partial charge >= 0.3 is 0 Å². The second kappa shape index (κ2) is 5.33. The Kier molecular flexibility index (Phi) is 3.81. The summed E-state index contributed by atoms with van der Waals surface area (Å²) in [5.74, 6) is 0.906. The van der Waals surface area contributed by atoms with E-state index in [-0.39, 0.29) is 12.5 Å². The number of carbonyl (C=O) groups excluding carboxylic acids is 1. The zero-order chi connectivity index (χ0) is 12.3. The number of anilines is 1. The lowest BCUT2D eigenvalue weighted by Gasteiger charge is -2.35. The summed E-state index contributed by atoms with van der Waals surface area (Å²) in [7, 11) is 0. The first-order valence-corrected chi connectivity index (χ1v) is 5.93. The molecule has 1 aliphatic heterocycles. The number of rotatable bonds is 2. The summed E-state index contributed by atoms with van der Waals surface area (Å²) in [6, 6.07) is 3.71. The molecular formula is C11H15ClN4O. The predicted molar refractivity (Wildman–Crippen MR) is 67.1 cm³/mol. The van der Waals surface area contributed by atoms with Crippen molar-refractivity contribution in [1.82, 2.24) is 9.88 Å². The molecular weight excluding hydrogens is 240 g/mol. The van der Waals surface area contributed by atoms with Crippen LogP contribution in [-0.2, 0) is 4.79 Å². The van der Waals surface area contributed by atoms with Gasteiger partial charge in [0.15, 0.2) is 0 Å². The fraction of sp³-hybridized carbons (Fsp3) is 0.455. The van der Waals surface area contributed by atoms with Crippen LogP contribution < -0.4 is 10.6 Å². The van der Waals surface area contributed by atoms with E-state index in [1.165, 1.54) is 0 Å². The van der Waals surface area contributed by atoms with Crippen LogP contribution in [0.25, 0.3) is 0 Å². The normalized spacial score (nSPS) is 16.1. The maximum atomic E-state index is 11.4. The van der Waals surface area contributed by atoms with E-state index in [2.05, 4.69) is 9.88 Å². The fourth-order valence-corrected chi connectivity index (χ4v) is 1.98. The third-order valence-corrected chi connectivity index (χ3v) is 3.07. The Morgan fingerprint density at radius 2 is 2.06 bits per heavy atom. The maximum Gasteiger partial charge on any atom is 0.236 e. The second-order valence-corrected chi connectivity index (χ2v) is 4.34. The molecule has 2 rings (SSSR count). The summed E-state index contributed by atoms with van der Waals surface area (Å²) in [5, 5.41) is 0.630. The van der Waals surface area contributed by atoms with Gasteiger partial charge in [0.1, 0.15) is 5.82 Å². The molecule has 0 aromatic carbocycles. The van der Waals surface area contributed by atoms with Crippen molar-refractivity contribution >= 4 is 23.3 Å². The SMILES string of the molecule is NCC(=O)N1CCN(c2ccc(Cl)cn2)CC1. The average molecular weight is 255 g/mol. The molecule has 0 atom stereocenters. The van der Waals surface area contributed by atoms with E-state index in [1.54, 1.807) is 11.1 Å². The molecule has 1 saturated heterocycles. The van der Waals surface area contributed by atoms with Gasteiger partial charge in [0.25, 0.3) is 0 Å². The van der Waals surface area contributed by atoms with Crippen LogP contribution in [0.3, 0.4) is 0 Å². The van der Waals surface area contributed by atoms with Gasteiger partial charge in [-0.3, -0.25) is 4.79 Å². The number of amides is 1. The number of aromatic nitrogens is 1. The molecule has 17 heavy (non-hydrogen) atoms. The quantitative estimate of drug-likeness (QED) is 0.827. The number of nitrogens with zero attached hydrogens (tertiary/aromatic N) is 3. The zero-order valence-corrected chi connectivity index (χ0v) is 10.2. The van der Waals surface area contributed by atoms with Crippen molar-refractivity contribution < 1.29 is 4.79 Å². The van der Waals surface area contributed by atoms with Crippen LogP contribution in [0, 0.1) is 0 Å². The van der Waals surface area contributed by atoms with E-state index < -0.39 is 0 Å². The molecule has 1 fully saturated rings. The van der Waals surface area contributed by atoms with E-state index in [9.17, 15) is 4.79 Å². The minimum Gasteiger partial charge on any atom is -0.353 e. The van der Waals surface area contributed by atoms with Gasteiger partial charge in [0.05, 0.1) is 11.6 Å². The number of nitrogens with two attached hydrogens (primary N) is 1. The summed E-state index contributed by atoms with van der Waals surface area (Å²) >= 11 is 5.79. The fourth-order valence-electron chi connectivity index (χ4n) is 1.87. The predicted octanol–water partition coefficient (Wildman–Crippen LogP) is 0.342. The van der Waals surface area contributed by atoms with Crippen LogP contribution in [0.2, 0.25) is 5.02 Å². The van der Waals surface area contributed by atoms with Gasteiger partial charge in [0, 0.05) is 32.4 Å². The molecule has 0 bridgehead atoms. The van der Waals surface area contributed by atoms with Crippen molar-refractivity contribution in [2.45, 2.75) is 0 Å². The van der Waals surface area contributed by atoms with Gasteiger partial charge in [-0.25, -0.2) is 4.98 Å². The lowest BCUT2D eigenvalue weighted by Crippen LogP contribution is -2.50. The molecule has 1 aliphatic rings. The Hall–Kier alpha value is -1.33. The van der Waals surface area contributed by atoms with E-state index in [0.717, 1.165) is 18.9 Å². The van der Waals surface area contributed by atoms with Gasteiger partial charge in [-0.15, -0.1) is 0 Å². The van der Waals surface area contributed by atoms with Crippen LogP contribution in [0.5, 0.6) is 0 Å². The van der Waals surface area contributed by atoms with E-state index >= 15 is 0 Å². The van der Waals surface area contributed by atoms with Crippen molar-refractivity contribution in [1.29, 1.82) is 0 Å². The van der Waals surface area contributed by atoms with Crippen LogP contribution in [-0.4, -0.2) is 48.5 Å². The minimum atomic E-state index is 0.00807. The topological polar surface area (TPSA) is 62.5 Å². The lowest BCUT2D eigenvalue weighted by molar-refractivity contribution is -0.129. The first kappa shape index (κ1) is 12.1. The molecule has 5 nitrogen and oxygen atoms in total. The van der Waals surface area contributed by atoms with E-state index in [1.807, 2.05) is 12.1 Å². The molecule has 1 aromatic heterocycles. The number of carbonyl (C=O) groups is 1. The lowest BCUT2D eigenvalue weighted by atomic mass is 10.3. The molecule has 0 unspecified atom stereocenters. The molecule has 6 heteroatoms. The number of hydrogen-bond acceptors (Lipinski definition) is 4. The third kappa shape index (κ3) is 2.87. The van der Waals surface area contributed by atoms with Crippen LogP contribution >= 0.6 is 11.6 Å². The summed E-state index contributed by atoms with van der Waals surface area (Å²) in [5.41, 5.74) is 5.33. The zero-order valence-electron chi connectivity index (χ0n) is 9.47. The first-order chi connectivity index (χ1) is 8.20. The highest BCUT2D eigenvalue weighted by atomic mass is 35.5. The van der Waals surface area contributed by atoms with E-state index in [0.29, 0.717) is 18.1 Å². The highest BCUT2D eigenvalue weighted by Gasteiger charge is 2.20. The highest BCUT2D eigenvalue weighted by molar-refractivity contribution is 6.30. The van der Waals surface area contributed by atoms with Gasteiger partial charge in [-0.05, 0) is 12.1 Å². The van der Waals surface area contributed by atoms with Crippen molar-refractivity contribution in [3.63, 3.8) is 0 Å². The van der Waals surface area contributed by atoms with Crippen molar-refractivity contribution in [2.24, 2.45) is 5.73 Å². The molecule has 0 radical (unpaired) electrons. The molecule has 0 saturated carbocycles. The Morgan fingerprint density at radius 1 is 1.35 bits per heavy atom. The Morgan fingerprint density at radius 3 is 2.59 bits per heavy atom. The minimum absolute atomic E-state index is 0.00807. The number of halogens is 1. The van der Waals surface area contributed by atoms with Crippen molar-refractivity contribution in [2.75, 3.05) is 37.6 Å². The largest absolute Gasteiger partial charge is 0.353 e. The molecule has 0 spiro atoms. The van der Waals surface area contributed by atoms with Crippen LogP contribution in [0.1, 0.15) is 0 Å². The average Bonchev–Trinajstić information content (AvgIpc) is 2.39. The molecule has 2 heterocycles. The molecule has 1 amide bonds. The van der Waals surface area contributed by atoms with Crippen molar-refractivity contribution in [3.8, 4) is 0 Å². The molecule has 2 N–H and O–H groups in total. The summed E-state index contributed by atoms with van der Waals surface area (Å²) in [6.45, 7) is 3.03. The molecule has 92 valence electrons. The smallest absolute Gasteiger partial charge is 0.236 e.